The molecule has 2 aliphatic heterocycles. The maximum atomic E-state index is 11.4. The van der Waals surface area contributed by atoms with Crippen LogP contribution in [0.25, 0.3) is 10.9 Å². The number of carboxylic acids is 1. The van der Waals surface area contributed by atoms with Gasteiger partial charge in [-0.3, -0.25) is 4.90 Å². The van der Waals surface area contributed by atoms with Gasteiger partial charge in [0.2, 0.25) is 0 Å². The summed E-state index contributed by atoms with van der Waals surface area (Å²) in [6.45, 7) is 6.57. The third-order valence-corrected chi connectivity index (χ3v) is 7.36. The van der Waals surface area contributed by atoms with E-state index < -0.39 is 5.97 Å². The minimum atomic E-state index is -0.894. The predicted molar refractivity (Wildman–Crippen MR) is 129 cm³/mol. The van der Waals surface area contributed by atoms with Gasteiger partial charge in [0.1, 0.15) is 0 Å². The molecule has 2 N–H and O–H groups in total. The molecule has 0 amide bonds. The Kier molecular flexibility index (Phi) is 5.74. The van der Waals surface area contributed by atoms with E-state index in [1.54, 1.807) is 12.1 Å². The average molecular weight is 443 g/mol. The summed E-state index contributed by atoms with van der Waals surface area (Å²) < 4.78 is 6.28. The number of carboxylic acid groups (broad SMARTS) is 1. The summed E-state index contributed by atoms with van der Waals surface area (Å²) in [5.74, 6) is 5.53. The molecule has 0 saturated carbocycles. The number of rotatable bonds is 4. The Hall–Kier alpha value is -3.07. The molecule has 2 aliphatic rings. The van der Waals surface area contributed by atoms with E-state index in [2.05, 4.69) is 40.8 Å². The number of hydrogen-bond donors (Lipinski definition) is 2. The van der Waals surface area contributed by atoms with Crippen LogP contribution in [0.2, 0.25) is 0 Å². The van der Waals surface area contributed by atoms with Crippen molar-refractivity contribution < 1.29 is 14.6 Å². The van der Waals surface area contributed by atoms with Gasteiger partial charge in [-0.25, -0.2) is 4.79 Å². The molecule has 2 aromatic carbocycles. The van der Waals surface area contributed by atoms with Crippen molar-refractivity contribution >= 4 is 16.9 Å². The Balaban J connectivity index is 1.54. The summed E-state index contributed by atoms with van der Waals surface area (Å²) in [5, 5.41) is 10.6. The molecule has 0 radical (unpaired) electrons. The molecule has 5 rings (SSSR count). The van der Waals surface area contributed by atoms with Crippen LogP contribution < -0.4 is 0 Å². The van der Waals surface area contributed by atoms with Crippen molar-refractivity contribution in [1.29, 1.82) is 0 Å². The van der Waals surface area contributed by atoms with E-state index >= 15 is 0 Å². The van der Waals surface area contributed by atoms with Crippen LogP contribution in [0.4, 0.5) is 0 Å². The second-order valence-corrected chi connectivity index (χ2v) is 9.36. The van der Waals surface area contributed by atoms with Crippen LogP contribution in [0.15, 0.2) is 42.6 Å². The lowest BCUT2D eigenvalue weighted by Crippen LogP contribution is -2.45. The highest BCUT2D eigenvalue weighted by molar-refractivity contribution is 5.88. The summed E-state index contributed by atoms with van der Waals surface area (Å²) in [6, 6.07) is 11.9. The zero-order valence-corrected chi connectivity index (χ0v) is 19.3. The smallest absolute Gasteiger partial charge is 0.335 e. The fourth-order valence-electron chi connectivity index (χ4n) is 5.65. The molecule has 5 nitrogen and oxygen atoms in total. The highest BCUT2D eigenvalue weighted by atomic mass is 16.5. The number of H-pyrrole nitrogens is 1. The van der Waals surface area contributed by atoms with E-state index in [4.69, 9.17) is 4.74 Å². The number of piperidine rings is 1. The third kappa shape index (κ3) is 4.06. The first-order valence-corrected chi connectivity index (χ1v) is 11.7. The number of nitrogens with one attached hydrogen (secondary N) is 1. The number of aromatic carboxylic acids is 1. The second-order valence-electron chi connectivity index (χ2n) is 9.36. The van der Waals surface area contributed by atoms with Crippen molar-refractivity contribution in [3.8, 4) is 11.8 Å². The van der Waals surface area contributed by atoms with Crippen molar-refractivity contribution in [2.45, 2.75) is 57.7 Å². The van der Waals surface area contributed by atoms with Crippen molar-refractivity contribution in [2.75, 3.05) is 13.2 Å². The Morgan fingerprint density at radius 1 is 1.27 bits per heavy atom. The molecule has 170 valence electrons. The Bertz CT molecular complexity index is 1240. The van der Waals surface area contributed by atoms with E-state index in [-0.39, 0.29) is 11.6 Å². The third-order valence-electron chi connectivity index (χ3n) is 7.36. The van der Waals surface area contributed by atoms with Crippen LogP contribution in [-0.2, 0) is 11.3 Å². The fraction of sp³-hybridized carbons (Fsp3) is 0.393. The van der Waals surface area contributed by atoms with Crippen LogP contribution in [0.3, 0.4) is 0 Å². The van der Waals surface area contributed by atoms with Gasteiger partial charge in [-0.15, -0.1) is 5.92 Å². The first-order valence-electron chi connectivity index (χ1n) is 11.7. The highest BCUT2D eigenvalue weighted by Gasteiger charge is 2.43. The molecule has 2 fully saturated rings. The van der Waals surface area contributed by atoms with Crippen molar-refractivity contribution in [2.24, 2.45) is 0 Å². The molecule has 2 atom stereocenters. The van der Waals surface area contributed by atoms with Gasteiger partial charge in [0, 0.05) is 48.4 Å². The molecular formula is C28H30N2O3. The minimum absolute atomic E-state index is 0.0601. The number of likely N-dealkylation sites (tertiary alicyclic amines) is 1. The maximum absolute atomic E-state index is 11.4. The lowest BCUT2D eigenvalue weighted by molar-refractivity contribution is -0.0675. The molecule has 0 bridgehead atoms. The summed E-state index contributed by atoms with van der Waals surface area (Å²) >= 11 is 0. The summed E-state index contributed by atoms with van der Waals surface area (Å²) in [5.41, 5.74) is 6.11. The normalized spacial score (nSPS) is 23.0. The number of benzene rings is 2. The SMILES string of the molecule is CC#Cc1cc(C)c2[nH]ccc2c1CN1CCC2(CCCO2)C[C@H]1c1ccc(C(=O)O)cc1. The van der Waals surface area contributed by atoms with Crippen LogP contribution in [-0.4, -0.2) is 39.7 Å². The number of ether oxygens (including phenoxy) is 1. The number of carbonyl (C=O) groups is 1. The molecule has 5 heteroatoms. The van der Waals surface area contributed by atoms with Gasteiger partial charge in [0.25, 0.3) is 0 Å². The van der Waals surface area contributed by atoms with Gasteiger partial charge in [0.15, 0.2) is 0 Å². The molecule has 2 saturated heterocycles. The van der Waals surface area contributed by atoms with E-state index in [0.29, 0.717) is 5.56 Å². The molecule has 3 aromatic rings. The molecule has 0 aliphatic carbocycles. The predicted octanol–water partition coefficient (Wildman–Crippen LogP) is 5.43. The minimum Gasteiger partial charge on any atom is -0.478 e. The monoisotopic (exact) mass is 442 g/mol. The Labute approximate surface area is 194 Å². The van der Waals surface area contributed by atoms with Gasteiger partial charge >= 0.3 is 5.97 Å². The van der Waals surface area contributed by atoms with Gasteiger partial charge in [-0.1, -0.05) is 18.1 Å². The van der Waals surface area contributed by atoms with E-state index in [1.165, 1.54) is 22.0 Å². The first kappa shape index (κ1) is 21.8. The van der Waals surface area contributed by atoms with Crippen molar-refractivity contribution in [3.63, 3.8) is 0 Å². The quantitative estimate of drug-likeness (QED) is 0.529. The van der Waals surface area contributed by atoms with Gasteiger partial charge < -0.3 is 14.8 Å². The number of aromatic amines is 1. The van der Waals surface area contributed by atoms with E-state index in [0.717, 1.165) is 56.5 Å². The number of aromatic nitrogens is 1. The number of hydrogen-bond acceptors (Lipinski definition) is 3. The zero-order valence-electron chi connectivity index (χ0n) is 19.3. The Morgan fingerprint density at radius 2 is 2.09 bits per heavy atom. The standard InChI is InChI=1S/C28H30N2O3/c1-3-5-22-16-19(2)26-23(10-13-29-26)24(22)18-30-14-12-28(11-4-15-33-28)17-25(30)20-6-8-21(9-7-20)27(31)32/h6-10,13,16,25,29H,4,11-12,14-15,17-18H2,1-2H3,(H,31,32)/t25-,28?/m0/s1. The van der Waals surface area contributed by atoms with Crippen molar-refractivity contribution in [3.05, 3.63) is 70.4 Å². The maximum Gasteiger partial charge on any atom is 0.335 e. The van der Waals surface area contributed by atoms with Crippen LogP contribution in [0.5, 0.6) is 0 Å². The summed E-state index contributed by atoms with van der Waals surface area (Å²) in [4.78, 5) is 17.3. The zero-order chi connectivity index (χ0) is 23.0. The molecular weight excluding hydrogens is 412 g/mol. The summed E-state index contributed by atoms with van der Waals surface area (Å²) in [6.07, 6.45) is 6.17. The Morgan fingerprint density at radius 3 is 2.79 bits per heavy atom. The van der Waals surface area contributed by atoms with E-state index in [9.17, 15) is 9.90 Å². The molecule has 1 unspecified atom stereocenters. The van der Waals surface area contributed by atoms with Crippen molar-refractivity contribution in [1.82, 2.24) is 9.88 Å². The molecule has 33 heavy (non-hydrogen) atoms. The van der Waals surface area contributed by atoms with Crippen LogP contribution >= 0.6 is 0 Å². The lowest BCUT2D eigenvalue weighted by Gasteiger charge is -2.45. The topological polar surface area (TPSA) is 65.6 Å². The summed E-state index contributed by atoms with van der Waals surface area (Å²) in [7, 11) is 0. The number of nitrogens with zero attached hydrogens (tertiary/aromatic N) is 1. The van der Waals surface area contributed by atoms with Crippen LogP contribution in [0, 0.1) is 18.8 Å². The molecule has 3 heterocycles. The largest absolute Gasteiger partial charge is 0.478 e. The molecule has 1 aromatic heterocycles. The number of aryl methyl sites for hydroxylation is 1. The first-order chi connectivity index (χ1) is 16.0. The lowest BCUT2D eigenvalue weighted by atomic mass is 9.81. The van der Waals surface area contributed by atoms with E-state index in [1.807, 2.05) is 25.3 Å². The molecule has 1 spiro atoms. The fourth-order valence-corrected chi connectivity index (χ4v) is 5.65. The average Bonchev–Trinajstić information content (AvgIpc) is 3.48. The number of fused-ring (bicyclic) bond motifs is 1. The van der Waals surface area contributed by atoms with Gasteiger partial charge in [0.05, 0.1) is 11.2 Å². The van der Waals surface area contributed by atoms with Gasteiger partial charge in [-0.05, 0) is 80.5 Å². The van der Waals surface area contributed by atoms with Crippen LogP contribution in [0.1, 0.15) is 71.3 Å². The highest BCUT2D eigenvalue weighted by Crippen LogP contribution is 2.45. The van der Waals surface area contributed by atoms with Gasteiger partial charge in [-0.2, -0.15) is 0 Å². The second kappa shape index (κ2) is 8.70.